The molecular formula is C17H14O4S2. The van der Waals surface area contributed by atoms with Gasteiger partial charge in [-0.3, -0.25) is 14.4 Å². The molecule has 2 aromatic rings. The highest BCUT2D eigenvalue weighted by Crippen LogP contribution is 2.23. The number of thioether (sulfide) groups is 2. The van der Waals surface area contributed by atoms with Crippen LogP contribution in [0.1, 0.15) is 20.7 Å². The molecule has 2 aromatic carbocycles. The second-order valence-electron chi connectivity index (χ2n) is 4.56. The van der Waals surface area contributed by atoms with Crippen molar-refractivity contribution in [3.05, 3.63) is 71.8 Å². The van der Waals surface area contributed by atoms with Crippen molar-refractivity contribution in [2.45, 2.75) is 5.25 Å². The molecule has 0 fully saturated rings. The van der Waals surface area contributed by atoms with E-state index in [0.717, 1.165) is 23.5 Å². The van der Waals surface area contributed by atoms with E-state index in [-0.39, 0.29) is 16.0 Å². The van der Waals surface area contributed by atoms with Crippen molar-refractivity contribution in [3.8, 4) is 0 Å². The van der Waals surface area contributed by atoms with Gasteiger partial charge in [-0.15, -0.1) is 0 Å². The third-order valence-electron chi connectivity index (χ3n) is 2.91. The van der Waals surface area contributed by atoms with Crippen LogP contribution in [0.4, 0.5) is 0 Å². The second-order valence-corrected chi connectivity index (χ2v) is 6.73. The molecule has 23 heavy (non-hydrogen) atoms. The minimum atomic E-state index is -1.10. The van der Waals surface area contributed by atoms with E-state index in [4.69, 9.17) is 0 Å². The smallest absolute Gasteiger partial charge is 0.317 e. The van der Waals surface area contributed by atoms with Crippen molar-refractivity contribution in [2.75, 3.05) is 5.75 Å². The molecule has 1 unspecified atom stereocenters. The third kappa shape index (κ3) is 5.26. The van der Waals surface area contributed by atoms with Gasteiger partial charge in [0.1, 0.15) is 5.25 Å². The van der Waals surface area contributed by atoms with Gasteiger partial charge in [-0.05, 0) is 0 Å². The first-order valence-corrected chi connectivity index (χ1v) is 8.65. The molecule has 0 spiro atoms. The number of aliphatic carboxylic acids is 1. The normalized spacial score (nSPS) is 11.7. The van der Waals surface area contributed by atoms with E-state index in [1.54, 1.807) is 60.7 Å². The maximum Gasteiger partial charge on any atom is 0.317 e. The number of carbonyl (C=O) groups excluding carboxylic acids is 2. The lowest BCUT2D eigenvalue weighted by molar-refractivity contribution is -0.135. The molecule has 118 valence electrons. The molecule has 1 N–H and O–H groups in total. The fourth-order valence-electron chi connectivity index (χ4n) is 1.74. The van der Waals surface area contributed by atoms with Gasteiger partial charge in [0.15, 0.2) is 0 Å². The van der Waals surface area contributed by atoms with Gasteiger partial charge in [0.05, 0.1) is 0 Å². The van der Waals surface area contributed by atoms with E-state index in [1.807, 2.05) is 0 Å². The minimum absolute atomic E-state index is 0.0340. The highest BCUT2D eigenvalue weighted by atomic mass is 32.2. The molecule has 0 bridgehead atoms. The van der Waals surface area contributed by atoms with Crippen LogP contribution in [0.3, 0.4) is 0 Å². The van der Waals surface area contributed by atoms with Crippen molar-refractivity contribution in [1.82, 2.24) is 0 Å². The fraction of sp³-hybridized carbons (Fsp3) is 0.118. The van der Waals surface area contributed by atoms with E-state index in [1.165, 1.54) is 0 Å². The lowest BCUT2D eigenvalue weighted by atomic mass is 10.2. The zero-order chi connectivity index (χ0) is 16.7. The number of hydrogen-bond donors (Lipinski definition) is 1. The van der Waals surface area contributed by atoms with Crippen LogP contribution in [0.2, 0.25) is 0 Å². The standard InChI is InChI=1S/C17H14O4S2/c18-15(19)14(23-17(21)13-9-5-2-6-10-13)11-22-16(20)12-7-3-1-4-8-12/h1-10,14H,11H2,(H,18,19). The SMILES string of the molecule is O=C(SCC(SC(=O)c1ccccc1)C(=O)O)c1ccccc1. The Kier molecular flexibility index (Phi) is 6.43. The molecule has 0 heterocycles. The summed E-state index contributed by atoms with van der Waals surface area (Å²) in [5, 5.41) is 7.76. The van der Waals surface area contributed by atoms with Gasteiger partial charge in [-0.1, -0.05) is 84.2 Å². The Labute approximate surface area is 142 Å². The largest absolute Gasteiger partial charge is 0.480 e. The molecule has 0 amide bonds. The van der Waals surface area contributed by atoms with Crippen molar-refractivity contribution < 1.29 is 19.5 Å². The topological polar surface area (TPSA) is 71.4 Å². The fourth-order valence-corrected chi connectivity index (χ4v) is 3.59. The number of carbonyl (C=O) groups is 3. The lowest BCUT2D eigenvalue weighted by Crippen LogP contribution is -2.22. The van der Waals surface area contributed by atoms with Crippen LogP contribution < -0.4 is 0 Å². The van der Waals surface area contributed by atoms with Crippen molar-refractivity contribution in [3.63, 3.8) is 0 Å². The van der Waals surface area contributed by atoms with Gasteiger partial charge in [0.25, 0.3) is 0 Å². The Morgan fingerprint density at radius 2 is 1.30 bits per heavy atom. The van der Waals surface area contributed by atoms with Crippen LogP contribution in [0.25, 0.3) is 0 Å². The third-order valence-corrected chi connectivity index (χ3v) is 5.22. The average Bonchev–Trinajstić information content (AvgIpc) is 2.59. The van der Waals surface area contributed by atoms with Crippen LogP contribution in [0.15, 0.2) is 60.7 Å². The van der Waals surface area contributed by atoms with E-state index >= 15 is 0 Å². The summed E-state index contributed by atoms with van der Waals surface area (Å²) in [5.41, 5.74) is 0.962. The summed E-state index contributed by atoms with van der Waals surface area (Å²) in [5.74, 6) is -1.07. The molecular weight excluding hydrogens is 332 g/mol. The summed E-state index contributed by atoms with van der Waals surface area (Å²) in [6.07, 6.45) is 0. The first kappa shape index (κ1) is 17.3. The number of carboxylic acid groups (broad SMARTS) is 1. The average molecular weight is 346 g/mol. The quantitative estimate of drug-likeness (QED) is 0.862. The second kappa shape index (κ2) is 8.55. The van der Waals surface area contributed by atoms with E-state index in [0.29, 0.717) is 11.1 Å². The van der Waals surface area contributed by atoms with Crippen LogP contribution in [-0.4, -0.2) is 32.3 Å². The van der Waals surface area contributed by atoms with E-state index < -0.39 is 11.2 Å². The molecule has 4 nitrogen and oxygen atoms in total. The lowest BCUT2D eigenvalue weighted by Gasteiger charge is -2.10. The van der Waals surface area contributed by atoms with Gasteiger partial charge in [0.2, 0.25) is 10.2 Å². The van der Waals surface area contributed by atoms with E-state index in [9.17, 15) is 19.5 Å². The summed E-state index contributed by atoms with van der Waals surface area (Å²) in [6.45, 7) is 0. The molecule has 0 aromatic heterocycles. The van der Waals surface area contributed by atoms with Crippen molar-refractivity contribution in [2.24, 2.45) is 0 Å². The summed E-state index contributed by atoms with van der Waals surface area (Å²) >= 11 is 1.64. The Morgan fingerprint density at radius 3 is 1.78 bits per heavy atom. The Hall–Kier alpha value is -2.05. The predicted octanol–water partition coefficient (Wildman–Crippen LogP) is 3.59. The monoisotopic (exact) mass is 346 g/mol. The van der Waals surface area contributed by atoms with Crippen molar-refractivity contribution in [1.29, 1.82) is 0 Å². The minimum Gasteiger partial charge on any atom is -0.480 e. The van der Waals surface area contributed by atoms with Crippen molar-refractivity contribution >= 4 is 39.7 Å². The zero-order valence-electron chi connectivity index (χ0n) is 12.0. The predicted molar refractivity (Wildman–Crippen MR) is 93.0 cm³/mol. The molecule has 0 saturated heterocycles. The maximum absolute atomic E-state index is 12.1. The van der Waals surface area contributed by atoms with Gasteiger partial charge >= 0.3 is 5.97 Å². The zero-order valence-corrected chi connectivity index (χ0v) is 13.7. The van der Waals surface area contributed by atoms with Gasteiger partial charge in [-0.2, -0.15) is 0 Å². The molecule has 0 aliphatic rings. The van der Waals surface area contributed by atoms with Crippen LogP contribution in [0, 0.1) is 0 Å². The summed E-state index contributed by atoms with van der Waals surface area (Å²) in [6, 6.07) is 17.1. The summed E-state index contributed by atoms with van der Waals surface area (Å²) < 4.78 is 0. The Balaban J connectivity index is 1.96. The highest BCUT2D eigenvalue weighted by molar-refractivity contribution is 8.18. The number of benzene rings is 2. The van der Waals surface area contributed by atoms with Crippen LogP contribution >= 0.6 is 23.5 Å². The summed E-state index contributed by atoms with van der Waals surface area (Å²) in [4.78, 5) is 35.4. The van der Waals surface area contributed by atoms with Gasteiger partial charge in [-0.25, -0.2) is 0 Å². The Morgan fingerprint density at radius 1 is 0.826 bits per heavy atom. The first-order chi connectivity index (χ1) is 11.1. The molecule has 0 saturated carbocycles. The highest BCUT2D eigenvalue weighted by Gasteiger charge is 2.24. The molecule has 0 radical (unpaired) electrons. The maximum atomic E-state index is 12.1. The Bertz CT molecular complexity index is 686. The molecule has 6 heteroatoms. The number of carboxylic acids is 1. The molecule has 2 rings (SSSR count). The van der Waals surface area contributed by atoms with E-state index in [2.05, 4.69) is 0 Å². The first-order valence-electron chi connectivity index (χ1n) is 6.79. The van der Waals surface area contributed by atoms with Crippen LogP contribution in [0.5, 0.6) is 0 Å². The molecule has 0 aliphatic carbocycles. The van der Waals surface area contributed by atoms with Gasteiger partial charge < -0.3 is 5.11 Å². The van der Waals surface area contributed by atoms with Gasteiger partial charge in [0, 0.05) is 16.9 Å². The molecule has 1 atom stereocenters. The van der Waals surface area contributed by atoms with Crippen LogP contribution in [-0.2, 0) is 4.79 Å². The number of hydrogen-bond acceptors (Lipinski definition) is 5. The summed E-state index contributed by atoms with van der Waals surface area (Å²) in [7, 11) is 0. The molecule has 0 aliphatic heterocycles. The number of rotatable bonds is 6.